The van der Waals surface area contributed by atoms with Gasteiger partial charge in [0.05, 0.1) is 17.1 Å². The van der Waals surface area contributed by atoms with Gasteiger partial charge in [0.2, 0.25) is 5.91 Å². The molecule has 5 heteroatoms. The van der Waals surface area contributed by atoms with Gasteiger partial charge in [-0.3, -0.25) is 14.6 Å². The van der Waals surface area contributed by atoms with Gasteiger partial charge in [-0.1, -0.05) is 18.6 Å². The highest BCUT2D eigenvalue weighted by molar-refractivity contribution is 6.07. The van der Waals surface area contributed by atoms with E-state index in [-0.39, 0.29) is 17.9 Å². The number of rotatable bonds is 4. The number of carbonyl (C=O) groups excluding carboxylic acids is 2. The SMILES string of the molecule is CCCN1C[C@@H](NC(=O)c2cc(C)nc3c(C)cc(C)cc23)CC1=O. The molecule has 0 bridgehead atoms. The van der Waals surface area contributed by atoms with Crippen molar-refractivity contribution in [3.63, 3.8) is 0 Å². The van der Waals surface area contributed by atoms with E-state index in [2.05, 4.69) is 23.3 Å². The number of pyridine rings is 1. The summed E-state index contributed by atoms with van der Waals surface area (Å²) >= 11 is 0. The first-order valence-corrected chi connectivity index (χ1v) is 8.86. The largest absolute Gasteiger partial charge is 0.347 e. The second kappa shape index (κ2) is 6.82. The Balaban J connectivity index is 1.89. The highest BCUT2D eigenvalue weighted by atomic mass is 16.2. The van der Waals surface area contributed by atoms with Crippen molar-refractivity contribution < 1.29 is 9.59 Å². The smallest absolute Gasteiger partial charge is 0.252 e. The van der Waals surface area contributed by atoms with Crippen molar-refractivity contribution in [2.45, 2.75) is 46.6 Å². The van der Waals surface area contributed by atoms with Crippen LogP contribution in [0.5, 0.6) is 0 Å². The predicted octanol–water partition coefficient (Wildman–Crippen LogP) is 2.90. The fourth-order valence-corrected chi connectivity index (χ4v) is 3.61. The zero-order valence-electron chi connectivity index (χ0n) is 15.3. The predicted molar refractivity (Wildman–Crippen MR) is 98.7 cm³/mol. The van der Waals surface area contributed by atoms with Gasteiger partial charge < -0.3 is 10.2 Å². The average molecular weight is 339 g/mol. The normalized spacial score (nSPS) is 17.4. The van der Waals surface area contributed by atoms with Gasteiger partial charge in [-0.2, -0.15) is 0 Å². The molecule has 2 aromatic rings. The summed E-state index contributed by atoms with van der Waals surface area (Å²) in [6, 6.07) is 5.79. The van der Waals surface area contributed by atoms with Crippen LogP contribution in [0.1, 0.15) is 46.9 Å². The quantitative estimate of drug-likeness (QED) is 0.932. The molecule has 1 atom stereocenters. The number of carbonyl (C=O) groups is 2. The van der Waals surface area contributed by atoms with Crippen molar-refractivity contribution in [3.8, 4) is 0 Å². The summed E-state index contributed by atoms with van der Waals surface area (Å²) in [6.45, 7) is 9.33. The maximum absolute atomic E-state index is 12.9. The second-order valence-electron chi connectivity index (χ2n) is 7.00. The fraction of sp³-hybridized carbons (Fsp3) is 0.450. The van der Waals surface area contributed by atoms with Crippen LogP contribution in [0.2, 0.25) is 0 Å². The molecule has 0 saturated carbocycles. The van der Waals surface area contributed by atoms with Gasteiger partial charge in [0.15, 0.2) is 0 Å². The third-order valence-electron chi connectivity index (χ3n) is 4.66. The number of likely N-dealkylation sites (tertiary alicyclic amines) is 1. The summed E-state index contributed by atoms with van der Waals surface area (Å²) in [5.41, 5.74) is 4.49. The summed E-state index contributed by atoms with van der Waals surface area (Å²) in [5, 5.41) is 3.91. The molecule has 1 aromatic heterocycles. The van der Waals surface area contributed by atoms with E-state index in [0.717, 1.165) is 40.7 Å². The van der Waals surface area contributed by atoms with E-state index < -0.39 is 0 Å². The van der Waals surface area contributed by atoms with Gasteiger partial charge in [-0.25, -0.2) is 0 Å². The van der Waals surface area contributed by atoms with E-state index in [1.807, 2.05) is 37.8 Å². The van der Waals surface area contributed by atoms with E-state index in [9.17, 15) is 9.59 Å². The number of fused-ring (bicyclic) bond motifs is 1. The molecule has 25 heavy (non-hydrogen) atoms. The van der Waals surface area contributed by atoms with Gasteiger partial charge in [0.1, 0.15) is 0 Å². The van der Waals surface area contributed by atoms with Crippen LogP contribution >= 0.6 is 0 Å². The van der Waals surface area contributed by atoms with E-state index >= 15 is 0 Å². The third kappa shape index (κ3) is 3.50. The molecular weight excluding hydrogens is 314 g/mol. The monoisotopic (exact) mass is 339 g/mol. The van der Waals surface area contributed by atoms with Gasteiger partial charge >= 0.3 is 0 Å². The minimum atomic E-state index is -0.128. The van der Waals surface area contributed by atoms with Crippen molar-refractivity contribution in [1.29, 1.82) is 0 Å². The molecule has 2 amide bonds. The van der Waals surface area contributed by atoms with Gasteiger partial charge in [0, 0.05) is 30.6 Å². The zero-order valence-corrected chi connectivity index (χ0v) is 15.3. The van der Waals surface area contributed by atoms with Crippen molar-refractivity contribution in [2.75, 3.05) is 13.1 Å². The lowest BCUT2D eigenvalue weighted by molar-refractivity contribution is -0.127. The molecule has 1 aliphatic rings. The topological polar surface area (TPSA) is 62.3 Å². The Morgan fingerprint density at radius 3 is 2.76 bits per heavy atom. The third-order valence-corrected chi connectivity index (χ3v) is 4.66. The molecule has 5 nitrogen and oxygen atoms in total. The Bertz CT molecular complexity index is 844. The van der Waals surface area contributed by atoms with Gasteiger partial charge in [0.25, 0.3) is 5.91 Å². The molecule has 0 aliphatic carbocycles. The van der Waals surface area contributed by atoms with Crippen LogP contribution in [0.3, 0.4) is 0 Å². The van der Waals surface area contributed by atoms with Crippen LogP contribution in [0.25, 0.3) is 10.9 Å². The number of aryl methyl sites for hydroxylation is 3. The number of hydrogen-bond donors (Lipinski definition) is 1. The molecule has 132 valence electrons. The van der Waals surface area contributed by atoms with E-state index in [1.54, 1.807) is 0 Å². The van der Waals surface area contributed by atoms with Crippen molar-refractivity contribution >= 4 is 22.7 Å². The first-order chi connectivity index (χ1) is 11.9. The number of hydrogen-bond acceptors (Lipinski definition) is 3. The van der Waals surface area contributed by atoms with E-state index in [4.69, 9.17) is 0 Å². The lowest BCUT2D eigenvalue weighted by atomic mass is 10.0. The number of amides is 2. The minimum absolute atomic E-state index is 0.120. The lowest BCUT2D eigenvalue weighted by Gasteiger charge is -2.17. The van der Waals surface area contributed by atoms with Crippen molar-refractivity contribution in [1.82, 2.24) is 15.2 Å². The molecule has 1 N–H and O–H groups in total. The molecule has 0 spiro atoms. The molecule has 1 saturated heterocycles. The number of nitrogens with zero attached hydrogens (tertiary/aromatic N) is 2. The highest BCUT2D eigenvalue weighted by Crippen LogP contribution is 2.24. The standard InChI is InChI=1S/C20H25N3O2/c1-5-6-23-11-15(10-18(23)24)22-20(25)17-9-14(4)21-19-13(3)7-12(2)8-16(17)19/h7-9,15H,5-6,10-11H2,1-4H3,(H,22,25)/t15-/m0/s1. The maximum atomic E-state index is 12.9. The van der Waals surface area contributed by atoms with Crippen LogP contribution in [0.4, 0.5) is 0 Å². The first kappa shape index (κ1) is 17.4. The first-order valence-electron chi connectivity index (χ1n) is 8.86. The minimum Gasteiger partial charge on any atom is -0.347 e. The molecule has 1 fully saturated rings. The summed E-state index contributed by atoms with van der Waals surface area (Å²) in [4.78, 5) is 31.3. The number of nitrogens with one attached hydrogen (secondary N) is 1. The Hall–Kier alpha value is -2.43. The molecule has 0 radical (unpaired) electrons. The van der Waals surface area contributed by atoms with Crippen LogP contribution in [-0.2, 0) is 4.79 Å². The van der Waals surface area contributed by atoms with Gasteiger partial charge in [-0.15, -0.1) is 0 Å². The van der Waals surface area contributed by atoms with Crippen LogP contribution in [0, 0.1) is 20.8 Å². The Morgan fingerprint density at radius 1 is 1.28 bits per heavy atom. The molecule has 2 heterocycles. The lowest BCUT2D eigenvalue weighted by Crippen LogP contribution is -2.37. The van der Waals surface area contributed by atoms with E-state index in [1.165, 1.54) is 0 Å². The second-order valence-corrected chi connectivity index (χ2v) is 7.00. The zero-order chi connectivity index (χ0) is 18.1. The van der Waals surface area contributed by atoms with Crippen LogP contribution in [0.15, 0.2) is 18.2 Å². The summed E-state index contributed by atoms with van der Waals surface area (Å²) in [7, 11) is 0. The Kier molecular flexibility index (Phi) is 4.75. The molecular formula is C20H25N3O2. The van der Waals surface area contributed by atoms with Crippen molar-refractivity contribution in [3.05, 3.63) is 40.6 Å². The molecule has 1 aliphatic heterocycles. The maximum Gasteiger partial charge on any atom is 0.252 e. The molecule has 1 aromatic carbocycles. The Morgan fingerprint density at radius 2 is 2.04 bits per heavy atom. The van der Waals surface area contributed by atoms with Crippen LogP contribution in [-0.4, -0.2) is 40.8 Å². The summed E-state index contributed by atoms with van der Waals surface area (Å²) in [6.07, 6.45) is 1.31. The van der Waals surface area contributed by atoms with Crippen molar-refractivity contribution in [2.24, 2.45) is 0 Å². The molecule has 3 rings (SSSR count). The fourth-order valence-electron chi connectivity index (χ4n) is 3.61. The number of aromatic nitrogens is 1. The highest BCUT2D eigenvalue weighted by Gasteiger charge is 2.30. The van der Waals surface area contributed by atoms with Crippen LogP contribution < -0.4 is 5.32 Å². The molecule has 0 unspecified atom stereocenters. The summed E-state index contributed by atoms with van der Waals surface area (Å²) < 4.78 is 0. The summed E-state index contributed by atoms with van der Waals surface area (Å²) in [5.74, 6) is -0.00810. The number of benzene rings is 1. The Labute approximate surface area is 148 Å². The van der Waals surface area contributed by atoms with E-state index in [0.29, 0.717) is 18.5 Å². The average Bonchev–Trinajstić information content (AvgIpc) is 2.87. The van der Waals surface area contributed by atoms with Gasteiger partial charge in [-0.05, 0) is 44.9 Å².